The topological polar surface area (TPSA) is 90.0 Å². The molecule has 2 aliphatic rings. The maximum absolute atomic E-state index is 13.4. The molecule has 0 N–H and O–H groups in total. The Morgan fingerprint density at radius 2 is 1.96 bits per heavy atom. The quantitative estimate of drug-likeness (QED) is 0.534. The minimum absolute atomic E-state index is 0.0165. The molecule has 27 heavy (non-hydrogen) atoms. The zero-order valence-corrected chi connectivity index (χ0v) is 16.6. The van der Waals surface area contributed by atoms with E-state index < -0.39 is 28.6 Å². The zero-order chi connectivity index (χ0) is 19.8. The van der Waals surface area contributed by atoms with Crippen LogP contribution in [0.25, 0.3) is 0 Å². The first kappa shape index (κ1) is 19.5. The van der Waals surface area contributed by atoms with Crippen LogP contribution >= 0.6 is 15.9 Å². The minimum Gasteiger partial charge on any atom is -0.620 e. The van der Waals surface area contributed by atoms with Crippen LogP contribution in [0.3, 0.4) is 0 Å². The summed E-state index contributed by atoms with van der Waals surface area (Å²) in [4.78, 5) is 40.1. The molecule has 2 unspecified atom stereocenters. The molecule has 0 aliphatic carbocycles. The summed E-state index contributed by atoms with van der Waals surface area (Å²) < 4.78 is 4.32. The second kappa shape index (κ2) is 7.41. The van der Waals surface area contributed by atoms with Gasteiger partial charge in [0.05, 0.1) is 20.2 Å². The fraction of sp³-hybridized carbons (Fsp3) is 0.389. The number of likely N-dealkylation sites (N-methyl/N-ethyl adjacent to an activating group) is 1. The highest BCUT2D eigenvalue weighted by atomic mass is 79.9. The van der Waals surface area contributed by atoms with Gasteiger partial charge in [-0.2, -0.15) is 0 Å². The van der Waals surface area contributed by atoms with Crippen LogP contribution in [0.5, 0.6) is 0 Å². The maximum Gasteiger partial charge on any atom is 0.410 e. The largest absolute Gasteiger partial charge is 0.620 e. The maximum atomic E-state index is 13.4. The van der Waals surface area contributed by atoms with E-state index in [4.69, 9.17) is 0 Å². The molecule has 0 spiro atoms. The lowest BCUT2D eigenvalue weighted by Gasteiger charge is -2.43. The molecule has 2 heterocycles. The highest BCUT2D eigenvalue weighted by Gasteiger charge is 2.47. The smallest absolute Gasteiger partial charge is 0.410 e. The Labute approximate surface area is 165 Å². The number of piperazine rings is 1. The van der Waals surface area contributed by atoms with Crippen LogP contribution in [0.15, 0.2) is 40.5 Å². The average Bonchev–Trinajstić information content (AvgIpc) is 3.11. The number of methoxy groups -OCH3 is 1. The number of fused-ring (bicyclic) bond motifs is 1. The monoisotopic (exact) mass is 437 g/mol. The molecule has 3 rings (SSSR count). The van der Waals surface area contributed by atoms with Gasteiger partial charge in [0, 0.05) is 28.7 Å². The third kappa shape index (κ3) is 3.38. The van der Waals surface area contributed by atoms with Gasteiger partial charge in [-0.25, -0.2) is 9.59 Å². The van der Waals surface area contributed by atoms with Crippen LogP contribution in [0.1, 0.15) is 13.3 Å². The molecular formula is C18H20BrN3O5. The van der Waals surface area contributed by atoms with Crippen LogP contribution < -0.4 is 4.65 Å². The van der Waals surface area contributed by atoms with E-state index in [2.05, 4.69) is 20.7 Å². The molecule has 9 heteroatoms. The lowest BCUT2D eigenvalue weighted by atomic mass is 10.1. The Morgan fingerprint density at radius 1 is 1.30 bits per heavy atom. The van der Waals surface area contributed by atoms with Crippen molar-refractivity contribution in [1.82, 2.24) is 14.4 Å². The fourth-order valence-corrected chi connectivity index (χ4v) is 3.74. The first-order valence-electron chi connectivity index (χ1n) is 8.55. The van der Waals surface area contributed by atoms with Crippen LogP contribution in [-0.4, -0.2) is 60.5 Å². The summed E-state index contributed by atoms with van der Waals surface area (Å²) in [5, 5.41) is 13.4. The lowest BCUT2D eigenvalue weighted by Crippen LogP contribution is -2.60. The molecule has 1 aromatic carbocycles. The molecule has 0 saturated carbocycles. The number of quaternary nitrogens is 1. The van der Waals surface area contributed by atoms with E-state index in [1.54, 1.807) is 37.3 Å². The Hall–Kier alpha value is -2.23. The molecule has 0 radical (unpaired) electrons. The Bertz CT molecular complexity index is 810. The van der Waals surface area contributed by atoms with Crippen LogP contribution in [0.2, 0.25) is 0 Å². The summed E-state index contributed by atoms with van der Waals surface area (Å²) in [7, 11) is 1.25. The number of ether oxygens (including phenoxy) is 1. The zero-order valence-electron chi connectivity index (χ0n) is 15.1. The van der Waals surface area contributed by atoms with E-state index in [1.165, 1.54) is 16.9 Å². The van der Waals surface area contributed by atoms with Gasteiger partial charge < -0.3 is 9.94 Å². The van der Waals surface area contributed by atoms with Crippen molar-refractivity contribution in [1.29, 1.82) is 0 Å². The third-order valence-electron chi connectivity index (χ3n) is 4.91. The van der Waals surface area contributed by atoms with Gasteiger partial charge in [0.15, 0.2) is 6.04 Å². The summed E-state index contributed by atoms with van der Waals surface area (Å²) in [5.41, 5.74) is 0.869. The Kier molecular flexibility index (Phi) is 5.36. The molecule has 0 bridgehead atoms. The van der Waals surface area contributed by atoms with Crippen molar-refractivity contribution >= 4 is 39.5 Å². The van der Waals surface area contributed by atoms with Gasteiger partial charge in [-0.3, -0.25) is 19.2 Å². The first-order valence-corrected chi connectivity index (χ1v) is 9.34. The molecule has 1 fully saturated rings. The molecule has 1 saturated heterocycles. The van der Waals surface area contributed by atoms with Crippen molar-refractivity contribution in [3.8, 4) is 0 Å². The van der Waals surface area contributed by atoms with E-state index in [1.807, 2.05) is 0 Å². The van der Waals surface area contributed by atoms with E-state index in [-0.39, 0.29) is 26.1 Å². The van der Waals surface area contributed by atoms with Gasteiger partial charge in [0.1, 0.15) is 12.2 Å². The summed E-state index contributed by atoms with van der Waals surface area (Å²) in [6.07, 6.45) is 1.39. The first-order chi connectivity index (χ1) is 12.8. The van der Waals surface area contributed by atoms with Crippen LogP contribution in [0.4, 0.5) is 10.5 Å². The summed E-state index contributed by atoms with van der Waals surface area (Å²) in [6, 6.07) is 5.77. The predicted molar refractivity (Wildman–Crippen MR) is 102 cm³/mol. The van der Waals surface area contributed by atoms with Gasteiger partial charge in [-0.05, 0) is 19.1 Å². The van der Waals surface area contributed by atoms with Crippen LogP contribution in [0, 0.1) is 5.21 Å². The standard InChI is InChI=1S/C18H20BrN3O5/c1-3-22(26,14-7-4-12(19)5-8-14)17(24)15-9-6-13-10-20(18(25)27-2)11-16(23)21(13)15/h4-8,15H,3,9-11H2,1-2H3. The van der Waals surface area contributed by atoms with Gasteiger partial charge >= 0.3 is 12.0 Å². The number of hydrogen-bond acceptors (Lipinski definition) is 5. The van der Waals surface area contributed by atoms with Crippen molar-refractivity contribution in [3.05, 3.63) is 45.7 Å². The fourth-order valence-electron chi connectivity index (χ4n) is 3.47. The molecule has 0 aromatic heterocycles. The number of carbonyl (C=O) groups excluding carboxylic acids is 3. The number of halogens is 1. The van der Waals surface area contributed by atoms with Crippen molar-refractivity contribution < 1.29 is 19.1 Å². The SMILES string of the molecule is CC[N+]([O-])(C(=O)C1CC=C2CN(C(=O)OC)CC(=O)N21)c1ccc(Br)cc1. The highest BCUT2D eigenvalue weighted by molar-refractivity contribution is 9.10. The molecule has 144 valence electrons. The summed E-state index contributed by atoms with van der Waals surface area (Å²) >= 11 is 3.32. The van der Waals surface area contributed by atoms with E-state index >= 15 is 0 Å². The summed E-state index contributed by atoms with van der Waals surface area (Å²) in [5.74, 6) is -0.988. The molecule has 2 atom stereocenters. The van der Waals surface area contributed by atoms with Gasteiger partial charge in [0.2, 0.25) is 5.91 Å². The highest BCUT2D eigenvalue weighted by Crippen LogP contribution is 2.32. The number of nitrogens with zero attached hydrogens (tertiary/aromatic N) is 3. The number of benzene rings is 1. The second-order valence-corrected chi connectivity index (χ2v) is 7.32. The number of amides is 3. The van der Waals surface area contributed by atoms with Crippen LogP contribution in [-0.2, 0) is 14.3 Å². The van der Waals surface area contributed by atoms with Crippen molar-refractivity contribution in [2.24, 2.45) is 0 Å². The second-order valence-electron chi connectivity index (χ2n) is 6.41. The predicted octanol–water partition coefficient (Wildman–Crippen LogP) is 2.37. The van der Waals surface area contributed by atoms with Crippen molar-refractivity contribution in [3.63, 3.8) is 0 Å². The number of rotatable bonds is 3. The minimum atomic E-state index is -1.15. The van der Waals surface area contributed by atoms with Crippen molar-refractivity contribution in [2.45, 2.75) is 19.4 Å². The van der Waals surface area contributed by atoms with E-state index in [0.717, 1.165) is 4.47 Å². The summed E-state index contributed by atoms with van der Waals surface area (Å²) in [6.45, 7) is 1.65. The Balaban J connectivity index is 1.85. The van der Waals surface area contributed by atoms with Crippen molar-refractivity contribution in [2.75, 3.05) is 26.7 Å². The van der Waals surface area contributed by atoms with E-state index in [0.29, 0.717) is 11.4 Å². The molecule has 1 aromatic rings. The molecule has 8 nitrogen and oxygen atoms in total. The Morgan fingerprint density at radius 3 is 2.56 bits per heavy atom. The van der Waals surface area contributed by atoms with Gasteiger partial charge in [-0.15, -0.1) is 0 Å². The molecule has 2 aliphatic heterocycles. The number of hydrogen-bond donors (Lipinski definition) is 0. The molecular weight excluding hydrogens is 418 g/mol. The third-order valence-corrected chi connectivity index (χ3v) is 5.44. The van der Waals surface area contributed by atoms with Gasteiger partial charge in [-0.1, -0.05) is 22.0 Å². The molecule has 3 amide bonds. The normalized spacial score (nSPS) is 21.4. The average molecular weight is 438 g/mol. The number of carbonyl (C=O) groups is 3. The number of hydroxylamine groups is 2. The lowest BCUT2D eigenvalue weighted by molar-refractivity contribution is -0.143. The van der Waals surface area contributed by atoms with Gasteiger partial charge in [0.25, 0.3) is 0 Å². The van der Waals surface area contributed by atoms with E-state index in [9.17, 15) is 19.6 Å².